The molecule has 1 aromatic rings. The number of nitrogen functional groups attached to an aromatic ring is 1. The number of ether oxygens (including phenoxy) is 2. The Kier molecular flexibility index (Phi) is 6.90. The minimum Gasteiger partial charge on any atom is -0.465 e. The molecule has 0 amide bonds. The zero-order valence-corrected chi connectivity index (χ0v) is 18.8. The van der Waals surface area contributed by atoms with Gasteiger partial charge in [0.1, 0.15) is 29.7 Å². The van der Waals surface area contributed by atoms with Crippen molar-refractivity contribution in [3.63, 3.8) is 0 Å². The molecule has 0 bridgehead atoms. The van der Waals surface area contributed by atoms with Gasteiger partial charge < -0.3 is 20.3 Å². The van der Waals surface area contributed by atoms with Crippen molar-refractivity contribution >= 4 is 19.5 Å². The van der Waals surface area contributed by atoms with Crippen LogP contribution >= 0.6 is 7.75 Å². The largest absolute Gasteiger partial charge is 0.465 e. The van der Waals surface area contributed by atoms with E-state index in [2.05, 4.69) is 10.1 Å². The molecule has 31 heavy (non-hydrogen) atoms. The number of esters is 1. The zero-order valence-electron chi connectivity index (χ0n) is 17.9. The lowest BCUT2D eigenvalue weighted by atomic mass is 9.96. The SMILES string of the molecule is CC(C)CCOC(=O)[C@H](C)NP1(=O)OC[C@H]2O[C@@H](n3ccc(N)nc3=O)[C@](C)(O)[C@@H]2O1. The van der Waals surface area contributed by atoms with E-state index in [0.29, 0.717) is 12.3 Å². The van der Waals surface area contributed by atoms with Gasteiger partial charge in [0.2, 0.25) is 0 Å². The molecular formula is C18H29N4O8P. The predicted octanol–water partition coefficient (Wildman–Crippen LogP) is 0.565. The Balaban J connectivity index is 1.69. The molecule has 12 nitrogen and oxygen atoms in total. The number of aromatic nitrogens is 2. The van der Waals surface area contributed by atoms with Crippen molar-refractivity contribution in [2.24, 2.45) is 5.92 Å². The number of rotatable bonds is 7. The van der Waals surface area contributed by atoms with Crippen LogP contribution in [-0.4, -0.2) is 57.7 Å². The third-order valence-corrected chi connectivity index (χ3v) is 6.82. The molecule has 2 aliphatic heterocycles. The molecule has 0 aliphatic carbocycles. The smallest absolute Gasteiger partial charge is 0.406 e. The summed E-state index contributed by atoms with van der Waals surface area (Å²) in [5, 5.41) is 13.6. The molecule has 3 heterocycles. The van der Waals surface area contributed by atoms with Gasteiger partial charge in [-0.2, -0.15) is 4.98 Å². The minimum atomic E-state index is -3.98. The number of carbonyl (C=O) groups is 1. The van der Waals surface area contributed by atoms with Crippen LogP contribution in [0, 0.1) is 5.92 Å². The zero-order chi connectivity index (χ0) is 23.0. The number of nitrogens with one attached hydrogen (secondary N) is 1. The summed E-state index contributed by atoms with van der Waals surface area (Å²) in [5.41, 5.74) is 3.03. The summed E-state index contributed by atoms with van der Waals surface area (Å²) in [6.45, 7) is 6.93. The molecule has 0 spiro atoms. The fraction of sp³-hybridized carbons (Fsp3) is 0.722. The van der Waals surface area contributed by atoms with Gasteiger partial charge in [-0.1, -0.05) is 13.8 Å². The molecule has 1 aromatic heterocycles. The summed E-state index contributed by atoms with van der Waals surface area (Å²) in [7, 11) is -3.98. The third-order valence-electron chi connectivity index (χ3n) is 5.13. The van der Waals surface area contributed by atoms with Crippen LogP contribution in [0.25, 0.3) is 0 Å². The standard InChI is InChI=1S/C18H29N4O8P/c1-10(2)6-8-27-15(23)11(3)21-31(26)28-9-12-14(30-31)18(4,25)16(29-12)22-7-5-13(19)20-17(22)24/h5,7,10-12,14,16,25H,6,8-9H2,1-4H3,(H,21,26)(H2,19,20,24)/t11-,12+,14+,16+,18+,31?/m0/s1. The van der Waals surface area contributed by atoms with Crippen LogP contribution in [0.15, 0.2) is 17.1 Å². The highest BCUT2D eigenvalue weighted by molar-refractivity contribution is 7.51. The van der Waals surface area contributed by atoms with E-state index >= 15 is 0 Å². The molecule has 0 radical (unpaired) electrons. The Labute approximate surface area is 179 Å². The Hall–Kier alpha value is -1.82. The molecular weight excluding hydrogens is 431 g/mol. The molecule has 2 saturated heterocycles. The number of hydrogen-bond donors (Lipinski definition) is 3. The first kappa shape index (κ1) is 23.8. The first-order valence-electron chi connectivity index (χ1n) is 10.0. The average Bonchev–Trinajstić information content (AvgIpc) is 2.91. The minimum absolute atomic E-state index is 0.0267. The highest BCUT2D eigenvalue weighted by Gasteiger charge is 2.60. The first-order valence-corrected chi connectivity index (χ1v) is 11.6. The molecule has 174 valence electrons. The van der Waals surface area contributed by atoms with Gasteiger partial charge in [0.05, 0.1) is 13.2 Å². The van der Waals surface area contributed by atoms with Crippen LogP contribution in [0.4, 0.5) is 5.82 Å². The lowest BCUT2D eigenvalue weighted by Crippen LogP contribution is -2.50. The molecule has 1 unspecified atom stereocenters. The maximum Gasteiger partial charge on any atom is 0.406 e. The Bertz CT molecular complexity index is 920. The van der Waals surface area contributed by atoms with Crippen molar-refractivity contribution in [3.05, 3.63) is 22.7 Å². The van der Waals surface area contributed by atoms with Crippen LogP contribution in [0.3, 0.4) is 0 Å². The highest BCUT2D eigenvalue weighted by atomic mass is 31.2. The van der Waals surface area contributed by atoms with Crippen molar-refractivity contribution in [1.82, 2.24) is 14.6 Å². The number of aliphatic hydroxyl groups is 1. The molecule has 4 N–H and O–H groups in total. The summed E-state index contributed by atoms with van der Waals surface area (Å²) in [4.78, 5) is 28.0. The number of carbonyl (C=O) groups excluding carboxylic acids is 1. The van der Waals surface area contributed by atoms with Gasteiger partial charge in [-0.15, -0.1) is 0 Å². The number of anilines is 1. The predicted molar refractivity (Wildman–Crippen MR) is 109 cm³/mol. The second kappa shape index (κ2) is 8.97. The number of fused-ring (bicyclic) bond motifs is 1. The van der Waals surface area contributed by atoms with Gasteiger partial charge in [-0.25, -0.2) is 14.4 Å². The maximum atomic E-state index is 13.1. The van der Waals surface area contributed by atoms with E-state index in [1.807, 2.05) is 13.8 Å². The summed E-state index contributed by atoms with van der Waals surface area (Å²) in [6, 6.07) is 0.417. The second-order valence-electron chi connectivity index (χ2n) is 8.32. The number of hydrogen-bond acceptors (Lipinski definition) is 10. The van der Waals surface area contributed by atoms with Gasteiger partial charge in [0, 0.05) is 6.20 Å². The molecule has 6 atom stereocenters. The fourth-order valence-corrected chi connectivity index (χ4v) is 5.14. The quantitative estimate of drug-likeness (QED) is 0.385. The van der Waals surface area contributed by atoms with Crippen molar-refractivity contribution in [2.45, 2.75) is 64.2 Å². The van der Waals surface area contributed by atoms with E-state index < -0.39 is 49.5 Å². The van der Waals surface area contributed by atoms with Crippen molar-refractivity contribution < 1.29 is 33.0 Å². The summed E-state index contributed by atoms with van der Waals surface area (Å²) < 4.78 is 36.0. The third kappa shape index (κ3) is 5.16. The summed E-state index contributed by atoms with van der Waals surface area (Å²) in [5.74, 6) is -0.200. The molecule has 2 fully saturated rings. The maximum absolute atomic E-state index is 13.1. The van der Waals surface area contributed by atoms with Crippen LogP contribution in [0.1, 0.15) is 40.3 Å². The monoisotopic (exact) mass is 460 g/mol. The highest BCUT2D eigenvalue weighted by Crippen LogP contribution is 2.55. The van der Waals surface area contributed by atoms with E-state index in [4.69, 9.17) is 24.3 Å². The normalized spacial score (nSPS) is 33.8. The summed E-state index contributed by atoms with van der Waals surface area (Å²) >= 11 is 0. The lowest BCUT2D eigenvalue weighted by molar-refractivity contribution is -0.145. The number of nitrogens with zero attached hydrogens (tertiary/aromatic N) is 2. The van der Waals surface area contributed by atoms with Crippen molar-refractivity contribution in [3.8, 4) is 0 Å². The van der Waals surface area contributed by atoms with Gasteiger partial charge >= 0.3 is 19.4 Å². The van der Waals surface area contributed by atoms with E-state index in [-0.39, 0.29) is 19.0 Å². The van der Waals surface area contributed by atoms with Crippen LogP contribution in [0.5, 0.6) is 0 Å². The van der Waals surface area contributed by atoms with Gasteiger partial charge in [-0.3, -0.25) is 18.4 Å². The number of nitrogens with two attached hydrogens (primary N) is 1. The first-order chi connectivity index (χ1) is 14.4. The van der Waals surface area contributed by atoms with Gasteiger partial charge in [-0.05, 0) is 32.3 Å². The van der Waals surface area contributed by atoms with E-state index in [1.54, 1.807) is 0 Å². The van der Waals surface area contributed by atoms with Gasteiger partial charge in [0.15, 0.2) is 6.23 Å². The van der Waals surface area contributed by atoms with Crippen molar-refractivity contribution in [2.75, 3.05) is 18.9 Å². The molecule has 2 aliphatic rings. The van der Waals surface area contributed by atoms with Crippen LogP contribution < -0.4 is 16.5 Å². The molecule has 0 saturated carbocycles. The Morgan fingerprint density at radius 3 is 2.87 bits per heavy atom. The average molecular weight is 460 g/mol. The fourth-order valence-electron chi connectivity index (χ4n) is 3.37. The van der Waals surface area contributed by atoms with Crippen molar-refractivity contribution in [1.29, 1.82) is 0 Å². The van der Waals surface area contributed by atoms with E-state index in [9.17, 15) is 19.3 Å². The van der Waals surface area contributed by atoms with E-state index in [1.165, 1.54) is 26.1 Å². The van der Waals surface area contributed by atoms with Crippen LogP contribution in [0.2, 0.25) is 0 Å². The molecule has 3 rings (SSSR count). The summed E-state index contributed by atoms with van der Waals surface area (Å²) in [6.07, 6.45) is -1.03. The lowest BCUT2D eigenvalue weighted by Gasteiger charge is -2.36. The Morgan fingerprint density at radius 2 is 2.23 bits per heavy atom. The van der Waals surface area contributed by atoms with E-state index in [0.717, 1.165) is 4.57 Å². The molecule has 13 heteroatoms. The topological polar surface area (TPSA) is 164 Å². The molecule has 0 aromatic carbocycles. The van der Waals surface area contributed by atoms with Gasteiger partial charge in [0.25, 0.3) is 0 Å². The Morgan fingerprint density at radius 1 is 1.52 bits per heavy atom. The second-order valence-corrected chi connectivity index (χ2v) is 10.0. The van der Waals surface area contributed by atoms with Crippen LogP contribution in [-0.2, 0) is 27.9 Å².